The number of rotatable bonds is 8. The van der Waals surface area contributed by atoms with E-state index in [2.05, 4.69) is 10.1 Å². The fourth-order valence-corrected chi connectivity index (χ4v) is 2.03. The first-order chi connectivity index (χ1) is 12.1. The molecule has 3 N–H and O–H groups in total. The standard InChI is InChI=1S/C17H19F3N2O4/c1-2-26-15(24)8-4-7-13(16(21)25)22-14(23)10-11-5-3-6-12(9-11)17(18,19)20/h3-6,8-9,13H,2,7,10H2,1H3,(H2,21,25)(H,22,23)/b8-4+/t13-/m0/s1. The normalized spacial score (nSPS) is 12.6. The number of primary amides is 1. The maximum absolute atomic E-state index is 12.7. The Bertz CT molecular complexity index is 687. The van der Waals surface area contributed by atoms with E-state index in [1.165, 1.54) is 18.2 Å². The summed E-state index contributed by atoms with van der Waals surface area (Å²) in [4.78, 5) is 34.5. The van der Waals surface area contributed by atoms with E-state index in [1.807, 2.05) is 0 Å². The van der Waals surface area contributed by atoms with E-state index in [0.29, 0.717) is 0 Å². The lowest BCUT2D eigenvalue weighted by molar-refractivity contribution is -0.138. The second-order valence-corrected chi connectivity index (χ2v) is 5.29. The van der Waals surface area contributed by atoms with Crippen molar-refractivity contribution in [3.63, 3.8) is 0 Å². The third-order valence-corrected chi connectivity index (χ3v) is 3.21. The van der Waals surface area contributed by atoms with Crippen molar-refractivity contribution >= 4 is 17.8 Å². The number of halogens is 3. The molecule has 1 atom stereocenters. The molecule has 6 nitrogen and oxygen atoms in total. The second-order valence-electron chi connectivity index (χ2n) is 5.29. The number of nitrogens with two attached hydrogens (primary N) is 1. The zero-order chi connectivity index (χ0) is 19.7. The number of alkyl halides is 3. The van der Waals surface area contributed by atoms with E-state index in [-0.39, 0.29) is 25.0 Å². The van der Waals surface area contributed by atoms with Gasteiger partial charge in [0, 0.05) is 6.08 Å². The quantitative estimate of drug-likeness (QED) is 0.536. The van der Waals surface area contributed by atoms with Crippen LogP contribution in [0.15, 0.2) is 36.4 Å². The molecule has 26 heavy (non-hydrogen) atoms. The minimum Gasteiger partial charge on any atom is -0.463 e. The Balaban J connectivity index is 2.68. The molecule has 0 fully saturated rings. The van der Waals surface area contributed by atoms with Crippen LogP contribution in [0.25, 0.3) is 0 Å². The number of esters is 1. The van der Waals surface area contributed by atoms with Crippen molar-refractivity contribution in [2.75, 3.05) is 6.61 Å². The van der Waals surface area contributed by atoms with Gasteiger partial charge in [0.2, 0.25) is 11.8 Å². The molecule has 0 aliphatic carbocycles. The summed E-state index contributed by atoms with van der Waals surface area (Å²) in [6.45, 7) is 1.82. The average molecular weight is 372 g/mol. The topological polar surface area (TPSA) is 98.5 Å². The highest BCUT2D eigenvalue weighted by molar-refractivity contribution is 5.88. The van der Waals surface area contributed by atoms with Crippen LogP contribution in [0.1, 0.15) is 24.5 Å². The number of carbonyl (C=O) groups excluding carboxylic acids is 3. The zero-order valence-corrected chi connectivity index (χ0v) is 14.0. The number of ether oxygens (including phenoxy) is 1. The van der Waals surface area contributed by atoms with Crippen LogP contribution in [-0.2, 0) is 31.7 Å². The molecule has 0 aromatic heterocycles. The number of benzene rings is 1. The summed E-state index contributed by atoms with van der Waals surface area (Å²) in [6.07, 6.45) is -2.51. The van der Waals surface area contributed by atoms with E-state index in [9.17, 15) is 27.6 Å². The summed E-state index contributed by atoms with van der Waals surface area (Å²) in [7, 11) is 0. The summed E-state index contributed by atoms with van der Waals surface area (Å²) in [6, 6.07) is 3.22. The Kier molecular flexibility index (Phi) is 7.82. The van der Waals surface area contributed by atoms with Crippen molar-refractivity contribution in [3.8, 4) is 0 Å². The van der Waals surface area contributed by atoms with Gasteiger partial charge in [-0.1, -0.05) is 24.3 Å². The van der Waals surface area contributed by atoms with Gasteiger partial charge < -0.3 is 15.8 Å². The molecular weight excluding hydrogens is 353 g/mol. The Hall–Kier alpha value is -2.84. The number of amides is 2. The molecule has 0 heterocycles. The first-order valence-corrected chi connectivity index (χ1v) is 7.71. The van der Waals surface area contributed by atoms with Gasteiger partial charge in [-0.25, -0.2) is 4.79 Å². The minimum atomic E-state index is -4.51. The monoisotopic (exact) mass is 372 g/mol. The van der Waals surface area contributed by atoms with Crippen LogP contribution >= 0.6 is 0 Å². The van der Waals surface area contributed by atoms with Crippen molar-refractivity contribution in [3.05, 3.63) is 47.5 Å². The van der Waals surface area contributed by atoms with Crippen LogP contribution in [0.5, 0.6) is 0 Å². The Labute approximate surface area is 148 Å². The van der Waals surface area contributed by atoms with Crippen LogP contribution < -0.4 is 11.1 Å². The number of hydrogen-bond donors (Lipinski definition) is 2. The maximum atomic E-state index is 12.7. The number of carbonyl (C=O) groups is 3. The number of hydrogen-bond acceptors (Lipinski definition) is 4. The van der Waals surface area contributed by atoms with Crippen molar-refractivity contribution in [2.24, 2.45) is 5.73 Å². The van der Waals surface area contributed by atoms with Crippen molar-refractivity contribution in [1.29, 1.82) is 0 Å². The molecule has 0 saturated heterocycles. The van der Waals surface area contributed by atoms with Crippen LogP contribution in [0.3, 0.4) is 0 Å². The Morgan fingerprint density at radius 2 is 2.00 bits per heavy atom. The van der Waals surface area contributed by atoms with Crippen LogP contribution in [0, 0.1) is 0 Å². The molecule has 0 unspecified atom stereocenters. The first kappa shape index (κ1) is 21.2. The molecule has 9 heteroatoms. The van der Waals surface area contributed by atoms with Gasteiger partial charge in [0.15, 0.2) is 0 Å². The molecule has 142 valence electrons. The van der Waals surface area contributed by atoms with Gasteiger partial charge in [-0.3, -0.25) is 9.59 Å². The second kappa shape index (κ2) is 9.59. The summed E-state index contributed by atoms with van der Waals surface area (Å²) in [5, 5.41) is 2.33. The van der Waals surface area contributed by atoms with Gasteiger partial charge in [0.05, 0.1) is 18.6 Å². The van der Waals surface area contributed by atoms with Crippen LogP contribution in [0.2, 0.25) is 0 Å². The molecule has 1 rings (SSSR count). The lowest BCUT2D eigenvalue weighted by Gasteiger charge is -2.14. The maximum Gasteiger partial charge on any atom is 0.416 e. The van der Waals surface area contributed by atoms with Crippen molar-refractivity contribution < 1.29 is 32.3 Å². The van der Waals surface area contributed by atoms with E-state index in [0.717, 1.165) is 18.2 Å². The minimum absolute atomic E-state index is 0.0531. The van der Waals surface area contributed by atoms with Gasteiger partial charge in [-0.15, -0.1) is 0 Å². The average Bonchev–Trinajstić information content (AvgIpc) is 2.53. The molecule has 0 radical (unpaired) electrons. The first-order valence-electron chi connectivity index (χ1n) is 7.71. The van der Waals surface area contributed by atoms with Gasteiger partial charge in [0.1, 0.15) is 6.04 Å². The van der Waals surface area contributed by atoms with E-state index in [1.54, 1.807) is 6.92 Å². The summed E-state index contributed by atoms with van der Waals surface area (Å²) < 4.78 is 42.7. The van der Waals surface area contributed by atoms with E-state index >= 15 is 0 Å². The Morgan fingerprint density at radius 1 is 1.31 bits per heavy atom. The third kappa shape index (κ3) is 7.37. The fourth-order valence-electron chi connectivity index (χ4n) is 2.03. The third-order valence-electron chi connectivity index (χ3n) is 3.21. The molecule has 0 saturated carbocycles. The lowest BCUT2D eigenvalue weighted by Crippen LogP contribution is -2.44. The predicted molar refractivity (Wildman–Crippen MR) is 86.7 cm³/mol. The zero-order valence-electron chi connectivity index (χ0n) is 14.0. The van der Waals surface area contributed by atoms with Gasteiger partial charge >= 0.3 is 12.1 Å². The fraction of sp³-hybridized carbons (Fsp3) is 0.353. The highest BCUT2D eigenvalue weighted by atomic mass is 19.4. The SMILES string of the molecule is CCOC(=O)/C=C/C[C@H](NC(=O)Cc1cccc(C(F)(F)F)c1)C(N)=O. The van der Waals surface area contributed by atoms with Gasteiger partial charge in [0.25, 0.3) is 0 Å². The molecule has 0 aliphatic rings. The van der Waals surface area contributed by atoms with Crippen molar-refractivity contribution in [2.45, 2.75) is 32.0 Å². The number of nitrogens with one attached hydrogen (secondary N) is 1. The molecule has 2 amide bonds. The van der Waals surface area contributed by atoms with Crippen molar-refractivity contribution in [1.82, 2.24) is 5.32 Å². The molecule has 1 aromatic carbocycles. The van der Waals surface area contributed by atoms with Gasteiger partial charge in [-0.05, 0) is 25.0 Å². The van der Waals surface area contributed by atoms with E-state index < -0.39 is 35.6 Å². The molecule has 0 spiro atoms. The highest BCUT2D eigenvalue weighted by Gasteiger charge is 2.30. The van der Waals surface area contributed by atoms with E-state index in [4.69, 9.17) is 5.73 Å². The molecule has 1 aromatic rings. The predicted octanol–water partition coefficient (Wildman–Crippen LogP) is 1.73. The lowest BCUT2D eigenvalue weighted by atomic mass is 10.1. The highest BCUT2D eigenvalue weighted by Crippen LogP contribution is 2.29. The van der Waals surface area contributed by atoms with Crippen LogP contribution in [0.4, 0.5) is 13.2 Å². The summed E-state index contributed by atoms with van der Waals surface area (Å²) in [5.41, 5.74) is 4.46. The molecular formula is C17H19F3N2O4. The smallest absolute Gasteiger partial charge is 0.416 e. The largest absolute Gasteiger partial charge is 0.463 e. The van der Waals surface area contributed by atoms with Gasteiger partial charge in [-0.2, -0.15) is 13.2 Å². The summed E-state index contributed by atoms with van der Waals surface area (Å²) >= 11 is 0. The Morgan fingerprint density at radius 3 is 2.58 bits per heavy atom. The van der Waals surface area contributed by atoms with Crippen LogP contribution in [-0.4, -0.2) is 30.4 Å². The molecule has 0 aliphatic heterocycles. The molecule has 0 bridgehead atoms. The summed E-state index contributed by atoms with van der Waals surface area (Å²) in [5.74, 6) is -2.11.